The summed E-state index contributed by atoms with van der Waals surface area (Å²) >= 11 is -1.31. The quantitative estimate of drug-likeness (QED) is 0.635. The number of H-pyrrole nitrogens is 1. The summed E-state index contributed by atoms with van der Waals surface area (Å²) in [4.78, 5) is 7.45. The third kappa shape index (κ3) is 3.81. The number of anilines is 1. The maximum Gasteiger partial charge on any atom is 0.193 e. The van der Waals surface area contributed by atoms with Crippen molar-refractivity contribution in [2.45, 2.75) is 19.8 Å². The molecule has 1 heterocycles. The van der Waals surface area contributed by atoms with Crippen molar-refractivity contribution >= 4 is 16.9 Å². The fraction of sp³-hybridized carbons (Fsp3) is 0.211. The number of hydrogen-bond donors (Lipinski definition) is 3. The summed E-state index contributed by atoms with van der Waals surface area (Å²) in [6.45, 7) is 4.27. The lowest BCUT2D eigenvalue weighted by molar-refractivity contribution is 0.681. The Kier molecular flexibility index (Phi) is 5.31. The van der Waals surface area contributed by atoms with Gasteiger partial charge in [0.05, 0.1) is 12.2 Å². The van der Waals surface area contributed by atoms with E-state index in [-0.39, 0.29) is 5.92 Å². The Balaban J connectivity index is 2.09. The van der Waals surface area contributed by atoms with Gasteiger partial charge in [0.1, 0.15) is 0 Å². The van der Waals surface area contributed by atoms with Crippen molar-refractivity contribution < 1.29 is 4.21 Å². The molecule has 0 fully saturated rings. The van der Waals surface area contributed by atoms with E-state index in [0.29, 0.717) is 0 Å². The number of imidazole rings is 1. The van der Waals surface area contributed by atoms with Gasteiger partial charge in [-0.3, -0.25) is 4.72 Å². The van der Waals surface area contributed by atoms with Crippen LogP contribution in [-0.2, 0) is 11.2 Å². The van der Waals surface area contributed by atoms with Crippen molar-refractivity contribution in [2.75, 3.05) is 11.8 Å². The van der Waals surface area contributed by atoms with Crippen LogP contribution in [-0.4, -0.2) is 21.2 Å². The molecule has 0 saturated carbocycles. The SMILES string of the molecule is CNS(=O)Nc1cccc(C(c2cnc[nH]2)c2cccc(C)c2C)c1. The number of aryl methyl sites for hydroxylation is 1. The first-order chi connectivity index (χ1) is 12.1. The summed E-state index contributed by atoms with van der Waals surface area (Å²) in [5, 5.41) is 0. The van der Waals surface area contributed by atoms with Gasteiger partial charge in [-0.25, -0.2) is 13.9 Å². The zero-order valence-corrected chi connectivity index (χ0v) is 15.4. The minimum atomic E-state index is -1.31. The number of aromatic nitrogens is 2. The average Bonchev–Trinajstić information content (AvgIpc) is 3.13. The van der Waals surface area contributed by atoms with E-state index in [4.69, 9.17) is 0 Å². The molecule has 25 heavy (non-hydrogen) atoms. The molecular weight excluding hydrogens is 332 g/mol. The van der Waals surface area contributed by atoms with Gasteiger partial charge in [-0.15, -0.1) is 0 Å². The van der Waals surface area contributed by atoms with E-state index in [9.17, 15) is 4.21 Å². The highest BCUT2D eigenvalue weighted by Crippen LogP contribution is 2.34. The molecule has 0 aliphatic carbocycles. The van der Waals surface area contributed by atoms with Crippen LogP contribution in [0.25, 0.3) is 0 Å². The summed E-state index contributed by atoms with van der Waals surface area (Å²) in [6.07, 6.45) is 3.56. The first kappa shape index (κ1) is 17.4. The molecule has 2 atom stereocenters. The Hall–Kier alpha value is -2.44. The van der Waals surface area contributed by atoms with Crippen molar-refractivity contribution in [3.63, 3.8) is 0 Å². The molecule has 6 heteroatoms. The fourth-order valence-electron chi connectivity index (χ4n) is 2.98. The third-order valence-corrected chi connectivity index (χ3v) is 5.20. The van der Waals surface area contributed by atoms with Gasteiger partial charge < -0.3 is 4.98 Å². The second kappa shape index (κ2) is 7.63. The molecule has 3 rings (SSSR count). The number of hydrogen-bond acceptors (Lipinski definition) is 2. The van der Waals surface area contributed by atoms with Crippen molar-refractivity contribution in [3.8, 4) is 0 Å². The molecule has 130 valence electrons. The second-order valence-corrected chi connectivity index (χ2v) is 7.08. The first-order valence-electron chi connectivity index (χ1n) is 8.10. The molecule has 0 bridgehead atoms. The van der Waals surface area contributed by atoms with Crippen molar-refractivity contribution in [3.05, 3.63) is 82.9 Å². The lowest BCUT2D eigenvalue weighted by Gasteiger charge is -2.21. The average molecular weight is 354 g/mol. The molecule has 3 N–H and O–H groups in total. The van der Waals surface area contributed by atoms with E-state index in [1.165, 1.54) is 16.7 Å². The van der Waals surface area contributed by atoms with Gasteiger partial charge in [0, 0.05) is 17.6 Å². The Morgan fingerprint density at radius 2 is 1.96 bits per heavy atom. The molecule has 0 saturated heterocycles. The molecule has 0 spiro atoms. The predicted octanol–water partition coefficient (Wildman–Crippen LogP) is 3.42. The minimum absolute atomic E-state index is 0.0344. The third-order valence-electron chi connectivity index (χ3n) is 4.40. The van der Waals surface area contributed by atoms with Gasteiger partial charge >= 0.3 is 0 Å². The van der Waals surface area contributed by atoms with Crippen LogP contribution in [0.5, 0.6) is 0 Å². The topological polar surface area (TPSA) is 69.8 Å². The Morgan fingerprint density at radius 1 is 1.16 bits per heavy atom. The minimum Gasteiger partial charge on any atom is -0.348 e. The summed E-state index contributed by atoms with van der Waals surface area (Å²) in [6, 6.07) is 14.4. The van der Waals surface area contributed by atoms with E-state index in [1.54, 1.807) is 13.4 Å². The standard InChI is InChI=1S/C19H22N4OS/c1-13-6-4-9-17(14(13)2)19(18-11-21-12-22-18)15-7-5-8-16(10-15)23-25(24)20-3/h4-12,19-20,23H,1-3H3,(H,21,22). The second-order valence-electron chi connectivity index (χ2n) is 5.93. The molecule has 5 nitrogen and oxygen atoms in total. The van der Waals surface area contributed by atoms with Gasteiger partial charge in [-0.2, -0.15) is 0 Å². The fourth-order valence-corrected chi connectivity index (χ4v) is 3.42. The molecule has 0 aliphatic rings. The number of nitrogens with zero attached hydrogens (tertiary/aromatic N) is 1. The van der Waals surface area contributed by atoms with Gasteiger partial charge in [0.25, 0.3) is 0 Å². The maximum absolute atomic E-state index is 11.7. The van der Waals surface area contributed by atoms with Gasteiger partial charge in [0.15, 0.2) is 11.2 Å². The molecule has 3 aromatic rings. The molecular formula is C19H22N4OS. The summed E-state index contributed by atoms with van der Waals surface area (Å²) in [5.74, 6) is 0.0344. The van der Waals surface area contributed by atoms with E-state index < -0.39 is 11.2 Å². The molecule has 0 amide bonds. The Bertz CT molecular complexity index is 877. The molecule has 0 aliphatic heterocycles. The number of benzene rings is 2. The van der Waals surface area contributed by atoms with Crippen LogP contribution in [0.4, 0.5) is 5.69 Å². The van der Waals surface area contributed by atoms with Gasteiger partial charge in [0.2, 0.25) is 0 Å². The molecule has 2 aromatic carbocycles. The van der Waals surface area contributed by atoms with E-state index in [0.717, 1.165) is 16.9 Å². The van der Waals surface area contributed by atoms with Crippen LogP contribution >= 0.6 is 0 Å². The van der Waals surface area contributed by atoms with Crippen molar-refractivity contribution in [1.82, 2.24) is 14.7 Å². The first-order valence-corrected chi connectivity index (χ1v) is 9.25. The summed E-state index contributed by atoms with van der Waals surface area (Å²) < 4.78 is 17.4. The highest BCUT2D eigenvalue weighted by Gasteiger charge is 2.21. The monoisotopic (exact) mass is 354 g/mol. The van der Waals surface area contributed by atoms with Crippen LogP contribution in [0.2, 0.25) is 0 Å². The van der Waals surface area contributed by atoms with Crippen molar-refractivity contribution in [1.29, 1.82) is 0 Å². The number of rotatable bonds is 6. The summed E-state index contributed by atoms with van der Waals surface area (Å²) in [7, 11) is 1.65. The predicted molar refractivity (Wildman–Crippen MR) is 103 cm³/mol. The molecule has 0 radical (unpaired) electrons. The van der Waals surface area contributed by atoms with Crippen LogP contribution in [0.15, 0.2) is 55.0 Å². The largest absolute Gasteiger partial charge is 0.348 e. The van der Waals surface area contributed by atoms with Crippen LogP contribution in [0.1, 0.15) is 33.9 Å². The Labute approximate surface area is 150 Å². The Morgan fingerprint density at radius 3 is 2.68 bits per heavy atom. The zero-order chi connectivity index (χ0) is 17.8. The molecule has 2 unspecified atom stereocenters. The van der Waals surface area contributed by atoms with E-state index in [1.807, 2.05) is 24.4 Å². The van der Waals surface area contributed by atoms with Crippen LogP contribution in [0, 0.1) is 13.8 Å². The van der Waals surface area contributed by atoms with Crippen molar-refractivity contribution in [2.24, 2.45) is 0 Å². The lowest BCUT2D eigenvalue weighted by Crippen LogP contribution is -2.18. The lowest BCUT2D eigenvalue weighted by atomic mass is 9.85. The van der Waals surface area contributed by atoms with E-state index >= 15 is 0 Å². The van der Waals surface area contributed by atoms with Gasteiger partial charge in [-0.1, -0.05) is 30.3 Å². The highest BCUT2D eigenvalue weighted by molar-refractivity contribution is 7.84. The van der Waals surface area contributed by atoms with Crippen LogP contribution < -0.4 is 9.44 Å². The number of aromatic amines is 1. The smallest absolute Gasteiger partial charge is 0.193 e. The normalized spacial score (nSPS) is 13.4. The zero-order valence-electron chi connectivity index (χ0n) is 14.5. The highest BCUT2D eigenvalue weighted by atomic mass is 32.2. The summed E-state index contributed by atoms with van der Waals surface area (Å²) in [5.41, 5.74) is 6.69. The van der Waals surface area contributed by atoms with E-state index in [2.05, 4.69) is 57.5 Å². The molecule has 1 aromatic heterocycles. The number of nitrogens with one attached hydrogen (secondary N) is 3. The van der Waals surface area contributed by atoms with Gasteiger partial charge in [-0.05, 0) is 55.3 Å². The maximum atomic E-state index is 11.7. The van der Waals surface area contributed by atoms with Crippen LogP contribution in [0.3, 0.4) is 0 Å².